The molecular formula is C20H28N2O3. The molecule has 2 saturated heterocycles. The highest BCUT2D eigenvalue weighted by Crippen LogP contribution is 2.24. The van der Waals surface area contributed by atoms with Gasteiger partial charge in [0.25, 0.3) is 0 Å². The fraction of sp³-hybridized carbons (Fsp3) is 0.600. The molecule has 3 rings (SSSR count). The average molecular weight is 344 g/mol. The lowest BCUT2D eigenvalue weighted by molar-refractivity contribution is -0.141. The van der Waals surface area contributed by atoms with Gasteiger partial charge in [0, 0.05) is 37.9 Å². The Morgan fingerprint density at radius 2 is 1.64 bits per heavy atom. The van der Waals surface area contributed by atoms with Crippen molar-refractivity contribution < 1.29 is 14.3 Å². The van der Waals surface area contributed by atoms with Crippen LogP contribution in [-0.4, -0.2) is 53.9 Å². The minimum Gasteiger partial charge on any atom is -0.489 e. The van der Waals surface area contributed by atoms with Crippen LogP contribution in [-0.2, 0) is 9.59 Å². The van der Waals surface area contributed by atoms with Crippen molar-refractivity contribution in [2.75, 3.05) is 26.2 Å². The number of hydrogen-bond acceptors (Lipinski definition) is 3. The van der Waals surface area contributed by atoms with Gasteiger partial charge in [-0.2, -0.15) is 0 Å². The maximum absolute atomic E-state index is 12.8. The summed E-state index contributed by atoms with van der Waals surface area (Å²) in [5, 5.41) is 0. The molecule has 0 spiro atoms. The van der Waals surface area contributed by atoms with E-state index in [1.165, 1.54) is 0 Å². The summed E-state index contributed by atoms with van der Waals surface area (Å²) in [7, 11) is 0. The largest absolute Gasteiger partial charge is 0.489 e. The summed E-state index contributed by atoms with van der Waals surface area (Å²) in [6, 6.07) is 9.78. The van der Waals surface area contributed by atoms with Crippen LogP contribution < -0.4 is 4.74 Å². The van der Waals surface area contributed by atoms with Crippen LogP contribution in [0.5, 0.6) is 5.75 Å². The lowest BCUT2D eigenvalue weighted by Gasteiger charge is -2.34. The van der Waals surface area contributed by atoms with Gasteiger partial charge in [-0.25, -0.2) is 0 Å². The lowest BCUT2D eigenvalue weighted by Crippen LogP contribution is -2.45. The van der Waals surface area contributed by atoms with Gasteiger partial charge in [-0.05, 0) is 25.0 Å². The van der Waals surface area contributed by atoms with Crippen molar-refractivity contribution in [1.29, 1.82) is 0 Å². The van der Waals surface area contributed by atoms with Crippen molar-refractivity contribution in [2.45, 2.75) is 39.2 Å². The van der Waals surface area contributed by atoms with Gasteiger partial charge >= 0.3 is 0 Å². The molecule has 25 heavy (non-hydrogen) atoms. The molecule has 2 fully saturated rings. The molecule has 2 amide bonds. The molecule has 0 aliphatic carbocycles. The molecule has 136 valence electrons. The van der Waals surface area contributed by atoms with Crippen LogP contribution in [0.3, 0.4) is 0 Å². The van der Waals surface area contributed by atoms with E-state index in [1.54, 1.807) is 0 Å². The zero-order chi connectivity index (χ0) is 17.8. The minimum absolute atomic E-state index is 0.0294. The Bertz CT molecular complexity index is 594. The van der Waals surface area contributed by atoms with Crippen LogP contribution in [0.1, 0.15) is 33.1 Å². The van der Waals surface area contributed by atoms with E-state index in [-0.39, 0.29) is 29.8 Å². The fourth-order valence-corrected chi connectivity index (χ4v) is 3.69. The van der Waals surface area contributed by atoms with Crippen LogP contribution in [0.2, 0.25) is 0 Å². The first-order valence-electron chi connectivity index (χ1n) is 9.34. The molecule has 5 heteroatoms. The Hall–Kier alpha value is -2.04. The second kappa shape index (κ2) is 7.89. The third-order valence-corrected chi connectivity index (χ3v) is 5.15. The summed E-state index contributed by atoms with van der Waals surface area (Å²) in [6.45, 7) is 6.68. The van der Waals surface area contributed by atoms with E-state index in [0.717, 1.165) is 31.6 Å². The van der Waals surface area contributed by atoms with Crippen molar-refractivity contribution in [1.82, 2.24) is 9.80 Å². The van der Waals surface area contributed by atoms with Gasteiger partial charge in [0.2, 0.25) is 11.8 Å². The molecule has 2 aliphatic heterocycles. The molecule has 2 aliphatic rings. The third kappa shape index (κ3) is 4.33. The van der Waals surface area contributed by atoms with E-state index in [2.05, 4.69) is 0 Å². The first kappa shape index (κ1) is 17.8. The quantitative estimate of drug-likeness (QED) is 0.843. The number of carbonyl (C=O) groups excluding carboxylic acids is 2. The molecule has 0 radical (unpaired) electrons. The number of ether oxygens (including phenoxy) is 1. The smallest absolute Gasteiger partial charge is 0.225 e. The number of likely N-dealkylation sites (tertiary alicyclic amines) is 2. The predicted octanol–water partition coefficient (Wildman–Crippen LogP) is 2.56. The van der Waals surface area contributed by atoms with Crippen molar-refractivity contribution in [3.63, 3.8) is 0 Å². The van der Waals surface area contributed by atoms with Crippen molar-refractivity contribution in [3.8, 4) is 5.75 Å². The molecule has 5 nitrogen and oxygen atoms in total. The second-order valence-corrected chi connectivity index (χ2v) is 7.38. The van der Waals surface area contributed by atoms with Crippen LogP contribution >= 0.6 is 0 Å². The molecular weight excluding hydrogens is 316 g/mol. The standard InChI is InChI=1S/C20H28N2O3/c1-15(2)19(23)21-11-8-16(9-12-21)20(24)22-13-10-18(14-22)25-17-6-4-3-5-7-17/h3-7,15-16,18H,8-14H2,1-2H3/t18-/m0/s1. The Balaban J connectivity index is 1.47. The molecule has 0 aromatic heterocycles. The minimum atomic E-state index is 0.0294. The molecule has 0 saturated carbocycles. The molecule has 0 unspecified atom stereocenters. The van der Waals surface area contributed by atoms with Crippen LogP contribution in [0, 0.1) is 11.8 Å². The fourth-order valence-electron chi connectivity index (χ4n) is 3.69. The highest BCUT2D eigenvalue weighted by molar-refractivity contribution is 5.81. The van der Waals surface area contributed by atoms with E-state index in [0.29, 0.717) is 19.6 Å². The van der Waals surface area contributed by atoms with Gasteiger partial charge in [-0.15, -0.1) is 0 Å². The first-order valence-corrected chi connectivity index (χ1v) is 9.34. The first-order chi connectivity index (χ1) is 12.0. The topological polar surface area (TPSA) is 49.9 Å². The third-order valence-electron chi connectivity index (χ3n) is 5.15. The SMILES string of the molecule is CC(C)C(=O)N1CCC(C(=O)N2CC[C@H](Oc3ccccc3)C2)CC1. The highest BCUT2D eigenvalue weighted by Gasteiger charge is 2.34. The number of para-hydroxylation sites is 1. The normalized spacial score (nSPS) is 21.6. The van der Waals surface area contributed by atoms with Crippen molar-refractivity contribution in [2.24, 2.45) is 11.8 Å². The number of rotatable bonds is 4. The van der Waals surface area contributed by atoms with E-state index in [1.807, 2.05) is 54.0 Å². The van der Waals surface area contributed by atoms with E-state index < -0.39 is 0 Å². The zero-order valence-electron chi connectivity index (χ0n) is 15.2. The Labute approximate surface area is 149 Å². The van der Waals surface area contributed by atoms with Crippen molar-refractivity contribution in [3.05, 3.63) is 30.3 Å². The number of benzene rings is 1. The number of nitrogens with zero attached hydrogens (tertiary/aromatic N) is 2. The van der Waals surface area contributed by atoms with E-state index >= 15 is 0 Å². The molecule has 2 heterocycles. The molecule has 1 aromatic rings. The Morgan fingerprint density at radius 3 is 2.28 bits per heavy atom. The summed E-state index contributed by atoms with van der Waals surface area (Å²) < 4.78 is 5.97. The number of hydrogen-bond donors (Lipinski definition) is 0. The average Bonchev–Trinajstić information content (AvgIpc) is 3.10. The molecule has 1 aromatic carbocycles. The number of amides is 2. The molecule has 0 bridgehead atoms. The molecule has 0 N–H and O–H groups in total. The van der Waals surface area contributed by atoms with Gasteiger partial charge in [0.1, 0.15) is 11.9 Å². The summed E-state index contributed by atoms with van der Waals surface area (Å²) in [5.41, 5.74) is 0. The van der Waals surface area contributed by atoms with Crippen LogP contribution in [0.4, 0.5) is 0 Å². The number of piperidine rings is 1. The van der Waals surface area contributed by atoms with Crippen molar-refractivity contribution >= 4 is 11.8 Å². The lowest BCUT2D eigenvalue weighted by atomic mass is 9.94. The van der Waals surface area contributed by atoms with Crippen LogP contribution in [0.25, 0.3) is 0 Å². The highest BCUT2D eigenvalue weighted by atomic mass is 16.5. The molecule has 1 atom stereocenters. The second-order valence-electron chi connectivity index (χ2n) is 7.38. The Kier molecular flexibility index (Phi) is 5.61. The maximum atomic E-state index is 12.8. The van der Waals surface area contributed by atoms with Gasteiger partial charge in [0.05, 0.1) is 6.54 Å². The van der Waals surface area contributed by atoms with Crippen LogP contribution in [0.15, 0.2) is 30.3 Å². The number of carbonyl (C=O) groups is 2. The predicted molar refractivity (Wildman–Crippen MR) is 96.2 cm³/mol. The summed E-state index contributed by atoms with van der Waals surface area (Å²) in [6.07, 6.45) is 2.51. The van der Waals surface area contributed by atoms with Gasteiger partial charge in [-0.1, -0.05) is 32.0 Å². The summed E-state index contributed by atoms with van der Waals surface area (Å²) >= 11 is 0. The van der Waals surface area contributed by atoms with Gasteiger partial charge < -0.3 is 14.5 Å². The van der Waals surface area contributed by atoms with Gasteiger partial charge in [0.15, 0.2) is 0 Å². The zero-order valence-corrected chi connectivity index (χ0v) is 15.2. The maximum Gasteiger partial charge on any atom is 0.225 e. The van der Waals surface area contributed by atoms with E-state index in [4.69, 9.17) is 4.74 Å². The summed E-state index contributed by atoms with van der Waals surface area (Å²) in [5.74, 6) is 1.37. The monoisotopic (exact) mass is 344 g/mol. The Morgan fingerprint density at radius 1 is 1.00 bits per heavy atom. The summed E-state index contributed by atoms with van der Waals surface area (Å²) in [4.78, 5) is 28.7. The van der Waals surface area contributed by atoms with Gasteiger partial charge in [-0.3, -0.25) is 9.59 Å². The van der Waals surface area contributed by atoms with E-state index in [9.17, 15) is 9.59 Å².